The Bertz CT molecular complexity index is 748. The highest BCUT2D eigenvalue weighted by molar-refractivity contribution is 7.89. The molecule has 8 heteroatoms. The van der Waals surface area contributed by atoms with Gasteiger partial charge in [-0.1, -0.05) is 12.1 Å². The quantitative estimate of drug-likeness (QED) is 0.772. The van der Waals surface area contributed by atoms with Crippen LogP contribution >= 0.6 is 0 Å². The van der Waals surface area contributed by atoms with Crippen LogP contribution in [0, 0.1) is 19.7 Å². The first kappa shape index (κ1) is 16.6. The van der Waals surface area contributed by atoms with Crippen LogP contribution in [-0.2, 0) is 15.6 Å². The minimum absolute atomic E-state index is 0.0717. The maximum Gasteiger partial charge on any atom is 0.244 e. The van der Waals surface area contributed by atoms with Crippen LogP contribution in [0.5, 0.6) is 0 Å². The highest BCUT2D eigenvalue weighted by Crippen LogP contribution is 2.22. The Labute approximate surface area is 128 Å². The second-order valence-corrected chi connectivity index (χ2v) is 7.07. The molecule has 1 aromatic heterocycles. The van der Waals surface area contributed by atoms with E-state index in [1.165, 1.54) is 31.2 Å². The van der Waals surface area contributed by atoms with Gasteiger partial charge >= 0.3 is 0 Å². The minimum Gasteiger partial charge on any atom is -0.384 e. The number of aliphatic hydroxyl groups is 1. The first-order valence-corrected chi connectivity index (χ1v) is 8.11. The zero-order valence-corrected chi connectivity index (χ0v) is 13.3. The zero-order chi connectivity index (χ0) is 16.5. The molecule has 0 aliphatic rings. The van der Waals surface area contributed by atoms with Crippen LogP contribution in [0.2, 0.25) is 0 Å². The van der Waals surface area contributed by atoms with Crippen molar-refractivity contribution in [1.29, 1.82) is 0 Å². The van der Waals surface area contributed by atoms with E-state index < -0.39 is 21.4 Å². The Kier molecular flexibility index (Phi) is 4.37. The second kappa shape index (κ2) is 5.79. The molecule has 2 aromatic rings. The third-order valence-corrected chi connectivity index (χ3v) is 5.07. The van der Waals surface area contributed by atoms with E-state index in [0.29, 0.717) is 17.0 Å². The lowest BCUT2D eigenvalue weighted by atomic mass is 9.96. The first-order valence-electron chi connectivity index (χ1n) is 6.63. The number of hydrogen-bond donors (Lipinski definition) is 3. The summed E-state index contributed by atoms with van der Waals surface area (Å²) in [6.45, 7) is 4.39. The number of aromatic nitrogens is 2. The number of benzene rings is 1. The molecule has 3 N–H and O–H groups in total. The molecule has 0 aliphatic carbocycles. The molecule has 0 saturated heterocycles. The summed E-state index contributed by atoms with van der Waals surface area (Å²) in [6.07, 6.45) is 0. The van der Waals surface area contributed by atoms with Gasteiger partial charge in [-0.05, 0) is 38.5 Å². The second-order valence-electron chi connectivity index (χ2n) is 5.37. The van der Waals surface area contributed by atoms with Gasteiger partial charge < -0.3 is 5.11 Å². The topological polar surface area (TPSA) is 95.1 Å². The molecular weight excluding hydrogens is 309 g/mol. The Morgan fingerprint density at radius 2 is 1.91 bits per heavy atom. The average molecular weight is 327 g/mol. The van der Waals surface area contributed by atoms with Gasteiger partial charge in [-0.15, -0.1) is 0 Å². The number of nitrogens with one attached hydrogen (secondary N) is 2. The fourth-order valence-corrected chi connectivity index (χ4v) is 3.65. The van der Waals surface area contributed by atoms with E-state index >= 15 is 0 Å². The van der Waals surface area contributed by atoms with Crippen LogP contribution < -0.4 is 4.72 Å². The Morgan fingerprint density at radius 1 is 1.32 bits per heavy atom. The molecule has 1 atom stereocenters. The Balaban J connectivity index is 2.19. The molecule has 0 amide bonds. The molecule has 1 heterocycles. The number of sulfonamides is 1. The van der Waals surface area contributed by atoms with Gasteiger partial charge in [-0.2, -0.15) is 5.10 Å². The number of H-pyrrole nitrogens is 1. The van der Waals surface area contributed by atoms with Gasteiger partial charge in [-0.3, -0.25) is 5.10 Å². The van der Waals surface area contributed by atoms with Gasteiger partial charge in [0.1, 0.15) is 16.3 Å². The summed E-state index contributed by atoms with van der Waals surface area (Å²) in [4.78, 5) is 0.0717. The molecule has 2 rings (SSSR count). The van der Waals surface area contributed by atoms with Crippen LogP contribution in [0.25, 0.3) is 0 Å². The van der Waals surface area contributed by atoms with Crippen LogP contribution in [0.15, 0.2) is 29.2 Å². The summed E-state index contributed by atoms with van der Waals surface area (Å²) < 4.78 is 39.9. The number of nitrogens with zero attached hydrogens (tertiary/aromatic N) is 1. The Morgan fingerprint density at radius 3 is 2.41 bits per heavy atom. The maximum absolute atomic E-state index is 12.9. The molecule has 22 heavy (non-hydrogen) atoms. The number of hydrogen-bond acceptors (Lipinski definition) is 4. The van der Waals surface area contributed by atoms with Crippen molar-refractivity contribution in [2.45, 2.75) is 31.3 Å². The van der Waals surface area contributed by atoms with Crippen LogP contribution in [0.4, 0.5) is 4.39 Å². The third-order valence-electron chi connectivity index (χ3n) is 3.40. The lowest BCUT2D eigenvalue weighted by molar-refractivity contribution is 0.0627. The van der Waals surface area contributed by atoms with Crippen molar-refractivity contribution in [3.63, 3.8) is 0 Å². The van der Waals surface area contributed by atoms with Crippen LogP contribution in [-0.4, -0.2) is 30.3 Å². The fraction of sp³-hybridized carbons (Fsp3) is 0.357. The molecule has 1 aromatic carbocycles. The van der Waals surface area contributed by atoms with Crippen molar-refractivity contribution in [2.24, 2.45) is 0 Å². The number of halogens is 1. The average Bonchev–Trinajstić information content (AvgIpc) is 2.77. The van der Waals surface area contributed by atoms with Crippen molar-refractivity contribution in [3.05, 3.63) is 47.0 Å². The highest BCUT2D eigenvalue weighted by Gasteiger charge is 2.28. The molecule has 1 unspecified atom stereocenters. The molecular formula is C14H18FN3O3S. The van der Waals surface area contributed by atoms with E-state index in [1.807, 2.05) is 0 Å². The maximum atomic E-state index is 12.9. The van der Waals surface area contributed by atoms with Gasteiger partial charge in [-0.25, -0.2) is 17.5 Å². The molecule has 0 saturated carbocycles. The van der Waals surface area contributed by atoms with Crippen molar-refractivity contribution >= 4 is 10.0 Å². The molecule has 6 nitrogen and oxygen atoms in total. The fourth-order valence-electron chi connectivity index (χ4n) is 2.16. The lowest BCUT2D eigenvalue weighted by Crippen LogP contribution is -2.38. The standard InChI is InChI=1S/C14H18FN3O3S/c1-9-13(10(2)18-17-9)22(20,21)16-8-14(3,19)11-4-6-12(15)7-5-11/h4-7,16,19H,8H2,1-3H3,(H,17,18). The molecule has 0 fully saturated rings. The third kappa shape index (κ3) is 3.34. The molecule has 0 aliphatic heterocycles. The van der Waals surface area contributed by atoms with E-state index in [1.54, 1.807) is 13.8 Å². The number of rotatable bonds is 5. The monoisotopic (exact) mass is 327 g/mol. The molecule has 120 valence electrons. The van der Waals surface area contributed by atoms with E-state index in [-0.39, 0.29) is 11.4 Å². The van der Waals surface area contributed by atoms with Gasteiger partial charge in [0.2, 0.25) is 10.0 Å². The van der Waals surface area contributed by atoms with E-state index in [2.05, 4.69) is 14.9 Å². The number of aromatic amines is 1. The zero-order valence-electron chi connectivity index (χ0n) is 12.5. The van der Waals surface area contributed by atoms with E-state index in [4.69, 9.17) is 0 Å². The van der Waals surface area contributed by atoms with E-state index in [0.717, 1.165) is 0 Å². The van der Waals surface area contributed by atoms with Crippen molar-refractivity contribution in [1.82, 2.24) is 14.9 Å². The predicted molar refractivity (Wildman–Crippen MR) is 79.2 cm³/mol. The normalized spacial score (nSPS) is 14.8. The van der Waals surface area contributed by atoms with Crippen LogP contribution in [0.1, 0.15) is 23.9 Å². The smallest absolute Gasteiger partial charge is 0.244 e. The SMILES string of the molecule is Cc1n[nH]c(C)c1S(=O)(=O)NCC(C)(O)c1ccc(F)cc1. The lowest BCUT2D eigenvalue weighted by Gasteiger charge is -2.24. The van der Waals surface area contributed by atoms with Crippen molar-refractivity contribution in [2.75, 3.05) is 6.54 Å². The van der Waals surface area contributed by atoms with E-state index in [9.17, 15) is 17.9 Å². The minimum atomic E-state index is -3.81. The first-order chi connectivity index (χ1) is 10.1. The summed E-state index contributed by atoms with van der Waals surface area (Å²) in [5, 5.41) is 16.9. The van der Waals surface area contributed by atoms with Gasteiger partial charge in [0.25, 0.3) is 0 Å². The molecule has 0 bridgehead atoms. The summed E-state index contributed by atoms with van der Waals surface area (Å²) in [5.74, 6) is -0.426. The van der Waals surface area contributed by atoms with Crippen molar-refractivity contribution in [3.8, 4) is 0 Å². The summed E-state index contributed by atoms with van der Waals surface area (Å²) in [5.41, 5.74) is -0.276. The van der Waals surface area contributed by atoms with Gasteiger partial charge in [0.05, 0.1) is 11.4 Å². The summed E-state index contributed by atoms with van der Waals surface area (Å²) >= 11 is 0. The molecule has 0 spiro atoms. The predicted octanol–water partition coefficient (Wildman–Crippen LogP) is 1.35. The van der Waals surface area contributed by atoms with Crippen LogP contribution in [0.3, 0.4) is 0 Å². The summed E-state index contributed by atoms with van der Waals surface area (Å²) in [6, 6.07) is 5.25. The molecule has 0 radical (unpaired) electrons. The van der Waals surface area contributed by atoms with Crippen molar-refractivity contribution < 1.29 is 17.9 Å². The van der Waals surface area contributed by atoms with Gasteiger partial charge in [0, 0.05) is 6.54 Å². The largest absolute Gasteiger partial charge is 0.384 e. The highest BCUT2D eigenvalue weighted by atomic mass is 32.2. The van der Waals surface area contributed by atoms with Gasteiger partial charge in [0.15, 0.2) is 0 Å². The Hall–Kier alpha value is -1.77. The number of aryl methyl sites for hydroxylation is 2. The summed E-state index contributed by atoms with van der Waals surface area (Å²) in [7, 11) is -3.81.